The molecule has 150 valence electrons. The molecule has 0 unspecified atom stereocenters. The summed E-state index contributed by atoms with van der Waals surface area (Å²) in [6.07, 6.45) is 2.31. The molecule has 5 rings (SSSR count). The van der Waals surface area contributed by atoms with Crippen molar-refractivity contribution in [3.05, 3.63) is 53.6 Å². The second-order valence-corrected chi connectivity index (χ2v) is 9.85. The molecule has 2 aliphatic rings. The summed E-state index contributed by atoms with van der Waals surface area (Å²) in [7, 11) is -3.93. The highest BCUT2D eigenvalue weighted by atomic mass is 32.2. The Kier molecular flexibility index (Phi) is 4.60. The van der Waals surface area contributed by atoms with Crippen molar-refractivity contribution in [2.24, 2.45) is 0 Å². The molecule has 0 saturated carbocycles. The highest BCUT2D eigenvalue weighted by molar-refractivity contribution is 7.89. The smallest absolute Gasteiger partial charge is 0.246 e. The molecule has 0 spiro atoms. The van der Waals surface area contributed by atoms with Gasteiger partial charge in [0.15, 0.2) is 0 Å². The molecule has 1 saturated heterocycles. The molecule has 9 heteroatoms. The molecule has 1 fully saturated rings. The average Bonchev–Trinajstić information content (AvgIpc) is 3.43. The summed E-state index contributed by atoms with van der Waals surface area (Å²) in [6, 6.07) is 12.0. The lowest BCUT2D eigenvalue weighted by molar-refractivity contribution is -0.134. The summed E-state index contributed by atoms with van der Waals surface area (Å²) in [5.41, 5.74) is 2.88. The lowest BCUT2D eigenvalue weighted by Crippen LogP contribution is -2.53. The highest BCUT2D eigenvalue weighted by Gasteiger charge is 2.42. The van der Waals surface area contributed by atoms with Crippen molar-refractivity contribution in [1.82, 2.24) is 18.0 Å². The van der Waals surface area contributed by atoms with Gasteiger partial charge in [0.05, 0.1) is 11.7 Å². The SMILES string of the molecule is O=C([C@@H]1Cc2ccccc2CN1S(=O)(=O)c1cccc2nsnc12)N1CCCC1. The van der Waals surface area contributed by atoms with E-state index in [1.54, 1.807) is 23.1 Å². The third kappa shape index (κ3) is 3.13. The Morgan fingerprint density at radius 1 is 1.00 bits per heavy atom. The Bertz CT molecular complexity index is 1190. The Labute approximate surface area is 173 Å². The van der Waals surface area contributed by atoms with Crippen LogP contribution >= 0.6 is 11.7 Å². The number of nitrogens with zero attached hydrogens (tertiary/aromatic N) is 4. The van der Waals surface area contributed by atoms with Crippen molar-refractivity contribution in [1.29, 1.82) is 0 Å². The van der Waals surface area contributed by atoms with Crippen LogP contribution in [0.5, 0.6) is 0 Å². The number of sulfonamides is 1. The second-order valence-electron chi connectivity index (χ2n) is 7.46. The number of aromatic nitrogens is 2. The first-order valence-corrected chi connectivity index (χ1v) is 11.8. The summed E-state index contributed by atoms with van der Waals surface area (Å²) in [6.45, 7) is 1.56. The molecule has 3 aromatic rings. The standard InChI is InChI=1S/C20H20N4O3S2/c25-20(23-10-3-4-11-23)17-12-14-6-1-2-7-15(14)13-24(17)29(26,27)18-9-5-8-16-19(18)22-28-21-16/h1-2,5-9,17H,3-4,10-13H2/t17-/m0/s1. The van der Waals surface area contributed by atoms with Crippen LogP contribution in [0.25, 0.3) is 11.0 Å². The molecule has 2 aromatic carbocycles. The van der Waals surface area contributed by atoms with Gasteiger partial charge in [0.2, 0.25) is 15.9 Å². The van der Waals surface area contributed by atoms with Crippen LogP contribution in [0.1, 0.15) is 24.0 Å². The van der Waals surface area contributed by atoms with E-state index in [1.807, 2.05) is 24.3 Å². The van der Waals surface area contributed by atoms with Crippen LogP contribution < -0.4 is 0 Å². The molecule has 29 heavy (non-hydrogen) atoms. The molecule has 0 bridgehead atoms. The third-order valence-corrected chi connectivity index (χ3v) is 8.17. The minimum atomic E-state index is -3.93. The van der Waals surface area contributed by atoms with Gasteiger partial charge in [0, 0.05) is 19.6 Å². The summed E-state index contributed by atoms with van der Waals surface area (Å²) in [5, 5.41) is 0. The van der Waals surface area contributed by atoms with Crippen molar-refractivity contribution >= 4 is 38.7 Å². The number of rotatable bonds is 3. The van der Waals surface area contributed by atoms with Gasteiger partial charge in [0.1, 0.15) is 22.0 Å². The summed E-state index contributed by atoms with van der Waals surface area (Å²) >= 11 is 0.988. The van der Waals surface area contributed by atoms with Gasteiger partial charge in [-0.3, -0.25) is 4.79 Å². The zero-order valence-electron chi connectivity index (χ0n) is 15.7. The van der Waals surface area contributed by atoms with Crippen LogP contribution in [0.2, 0.25) is 0 Å². The number of benzene rings is 2. The Morgan fingerprint density at radius 3 is 2.55 bits per heavy atom. The summed E-state index contributed by atoms with van der Waals surface area (Å²) in [4.78, 5) is 15.2. The summed E-state index contributed by atoms with van der Waals surface area (Å²) < 4.78 is 37.2. The average molecular weight is 429 g/mol. The predicted octanol–water partition coefficient (Wildman–Crippen LogP) is 2.43. The van der Waals surface area contributed by atoms with Crippen LogP contribution in [0.3, 0.4) is 0 Å². The molecule has 1 atom stereocenters. The van der Waals surface area contributed by atoms with Gasteiger partial charge in [-0.15, -0.1) is 0 Å². The van der Waals surface area contributed by atoms with Crippen LogP contribution in [0, 0.1) is 0 Å². The highest BCUT2D eigenvalue weighted by Crippen LogP contribution is 2.32. The molecule has 3 heterocycles. The van der Waals surface area contributed by atoms with E-state index < -0.39 is 16.1 Å². The zero-order valence-corrected chi connectivity index (χ0v) is 17.3. The zero-order chi connectivity index (χ0) is 20.0. The first-order valence-electron chi connectivity index (χ1n) is 9.64. The number of fused-ring (bicyclic) bond motifs is 2. The fourth-order valence-corrected chi connectivity index (χ4v) is 6.54. The van der Waals surface area contributed by atoms with Crippen LogP contribution in [0.15, 0.2) is 47.4 Å². The van der Waals surface area contributed by atoms with Crippen molar-refractivity contribution in [3.63, 3.8) is 0 Å². The van der Waals surface area contributed by atoms with E-state index in [4.69, 9.17) is 0 Å². The number of carbonyl (C=O) groups is 1. The minimum Gasteiger partial charge on any atom is -0.341 e. The number of amides is 1. The second kappa shape index (κ2) is 7.16. The van der Waals surface area contributed by atoms with Gasteiger partial charge in [-0.1, -0.05) is 30.3 Å². The lowest BCUT2D eigenvalue weighted by Gasteiger charge is -2.36. The number of likely N-dealkylation sites (tertiary alicyclic amines) is 1. The minimum absolute atomic E-state index is 0.107. The molecule has 0 radical (unpaired) electrons. The molecule has 7 nitrogen and oxygen atoms in total. The molecule has 2 aliphatic heterocycles. The molecule has 0 aliphatic carbocycles. The third-order valence-electron chi connectivity index (χ3n) is 5.74. The quantitative estimate of drug-likeness (QED) is 0.640. The fourth-order valence-electron chi connectivity index (χ4n) is 4.23. The maximum Gasteiger partial charge on any atom is 0.246 e. The van der Waals surface area contributed by atoms with E-state index >= 15 is 0 Å². The van der Waals surface area contributed by atoms with Gasteiger partial charge in [-0.05, 0) is 42.5 Å². The van der Waals surface area contributed by atoms with Crippen LogP contribution in [-0.4, -0.2) is 51.4 Å². The molecule has 1 amide bonds. The van der Waals surface area contributed by atoms with Gasteiger partial charge >= 0.3 is 0 Å². The van der Waals surface area contributed by atoms with E-state index in [0.29, 0.717) is 30.5 Å². The van der Waals surface area contributed by atoms with Crippen LogP contribution in [-0.2, 0) is 27.8 Å². The Balaban J connectivity index is 1.61. The van der Waals surface area contributed by atoms with Crippen molar-refractivity contribution < 1.29 is 13.2 Å². The Morgan fingerprint density at radius 2 is 1.76 bits per heavy atom. The van der Waals surface area contributed by atoms with Gasteiger partial charge in [-0.25, -0.2) is 8.42 Å². The van der Waals surface area contributed by atoms with Crippen molar-refractivity contribution in [3.8, 4) is 0 Å². The van der Waals surface area contributed by atoms with E-state index in [9.17, 15) is 13.2 Å². The monoisotopic (exact) mass is 428 g/mol. The van der Waals surface area contributed by atoms with Crippen molar-refractivity contribution in [2.75, 3.05) is 13.1 Å². The maximum absolute atomic E-state index is 13.7. The fraction of sp³-hybridized carbons (Fsp3) is 0.350. The number of hydrogen-bond donors (Lipinski definition) is 0. The van der Waals surface area contributed by atoms with E-state index in [2.05, 4.69) is 8.75 Å². The first-order chi connectivity index (χ1) is 14.1. The largest absolute Gasteiger partial charge is 0.341 e. The topological polar surface area (TPSA) is 83.5 Å². The maximum atomic E-state index is 13.7. The molecular formula is C20H20N4O3S2. The number of hydrogen-bond acceptors (Lipinski definition) is 6. The van der Waals surface area contributed by atoms with E-state index in [0.717, 1.165) is 35.7 Å². The lowest BCUT2D eigenvalue weighted by atomic mass is 9.95. The molecule has 1 aromatic heterocycles. The first kappa shape index (κ1) is 18.7. The molecular weight excluding hydrogens is 408 g/mol. The Hall–Kier alpha value is -2.36. The van der Waals surface area contributed by atoms with Crippen molar-refractivity contribution in [2.45, 2.75) is 36.7 Å². The van der Waals surface area contributed by atoms with E-state index in [1.165, 1.54) is 4.31 Å². The summed E-state index contributed by atoms with van der Waals surface area (Å²) in [5.74, 6) is -0.107. The number of carbonyl (C=O) groups excluding carboxylic acids is 1. The van der Waals surface area contributed by atoms with E-state index in [-0.39, 0.29) is 17.3 Å². The predicted molar refractivity (Wildman–Crippen MR) is 110 cm³/mol. The van der Waals surface area contributed by atoms with Gasteiger partial charge in [-0.2, -0.15) is 13.1 Å². The van der Waals surface area contributed by atoms with Gasteiger partial charge in [0.25, 0.3) is 0 Å². The van der Waals surface area contributed by atoms with Crippen LogP contribution in [0.4, 0.5) is 0 Å². The molecule has 0 N–H and O–H groups in total. The van der Waals surface area contributed by atoms with Gasteiger partial charge < -0.3 is 4.90 Å². The normalized spacial score (nSPS) is 20.1.